The summed E-state index contributed by atoms with van der Waals surface area (Å²) in [6.07, 6.45) is 5.47. The lowest BCUT2D eigenvalue weighted by Gasteiger charge is -2.32. The summed E-state index contributed by atoms with van der Waals surface area (Å²) in [6.45, 7) is 7.79. The first kappa shape index (κ1) is 24.6. The Balaban J connectivity index is 1.08. The van der Waals surface area contributed by atoms with Crippen molar-refractivity contribution in [1.82, 2.24) is 9.80 Å². The van der Waals surface area contributed by atoms with Crippen LogP contribution in [0.4, 0.5) is 0 Å². The molecule has 1 saturated heterocycles. The lowest BCUT2D eigenvalue weighted by atomic mass is 9.93. The van der Waals surface area contributed by atoms with Gasteiger partial charge in [-0.05, 0) is 98.0 Å². The van der Waals surface area contributed by atoms with Crippen molar-refractivity contribution in [2.75, 3.05) is 26.2 Å². The standard InChI is InChI=1S/C32H38N2O2/c1-25-8-5-6-11-29(25)23-33-18-7-12-28-22-31(14-13-30(28)24-33)36-21-17-26-15-19-34(20-16-26)32(35)27-9-3-2-4-10-27/h2-6,8-11,13-14,22,26H,7,12,15-21,23-24H2,1H3. The van der Waals surface area contributed by atoms with Gasteiger partial charge in [0.05, 0.1) is 6.61 Å². The highest BCUT2D eigenvalue weighted by Crippen LogP contribution is 2.26. The largest absolute Gasteiger partial charge is 0.494 e. The van der Waals surface area contributed by atoms with Crippen molar-refractivity contribution < 1.29 is 9.53 Å². The summed E-state index contributed by atoms with van der Waals surface area (Å²) in [4.78, 5) is 17.2. The molecule has 0 aromatic heterocycles. The lowest BCUT2D eigenvalue weighted by Crippen LogP contribution is -2.38. The van der Waals surface area contributed by atoms with Gasteiger partial charge in [-0.2, -0.15) is 0 Å². The molecule has 2 aliphatic heterocycles. The van der Waals surface area contributed by atoms with Crippen LogP contribution in [0.1, 0.15) is 58.3 Å². The zero-order valence-electron chi connectivity index (χ0n) is 21.5. The summed E-state index contributed by atoms with van der Waals surface area (Å²) in [5.41, 5.74) is 6.47. The second kappa shape index (κ2) is 11.7. The third kappa shape index (κ3) is 6.17. The summed E-state index contributed by atoms with van der Waals surface area (Å²) >= 11 is 0. The molecule has 3 aromatic carbocycles. The molecule has 0 atom stereocenters. The van der Waals surface area contributed by atoms with Crippen LogP contribution in [0.2, 0.25) is 0 Å². The fourth-order valence-electron chi connectivity index (χ4n) is 5.59. The molecule has 4 heteroatoms. The normalized spacial score (nSPS) is 16.9. The monoisotopic (exact) mass is 482 g/mol. The fraction of sp³-hybridized carbons (Fsp3) is 0.406. The van der Waals surface area contributed by atoms with Gasteiger partial charge >= 0.3 is 0 Å². The van der Waals surface area contributed by atoms with Crippen molar-refractivity contribution in [2.24, 2.45) is 5.92 Å². The van der Waals surface area contributed by atoms with Gasteiger partial charge in [0.2, 0.25) is 0 Å². The molecular formula is C32H38N2O2. The molecule has 2 heterocycles. The smallest absolute Gasteiger partial charge is 0.253 e. The number of carbonyl (C=O) groups is 1. The minimum absolute atomic E-state index is 0.160. The van der Waals surface area contributed by atoms with Crippen LogP contribution in [-0.2, 0) is 19.5 Å². The van der Waals surface area contributed by atoms with Gasteiger partial charge in [-0.25, -0.2) is 0 Å². The molecule has 0 bridgehead atoms. The maximum Gasteiger partial charge on any atom is 0.253 e. The van der Waals surface area contributed by atoms with Crippen LogP contribution in [0.25, 0.3) is 0 Å². The second-order valence-corrected chi connectivity index (χ2v) is 10.4. The third-order valence-electron chi connectivity index (χ3n) is 7.86. The Bertz CT molecular complexity index is 1150. The van der Waals surface area contributed by atoms with E-state index in [0.29, 0.717) is 5.92 Å². The molecule has 0 spiro atoms. The van der Waals surface area contributed by atoms with E-state index in [9.17, 15) is 4.79 Å². The number of aryl methyl sites for hydroxylation is 2. The van der Waals surface area contributed by atoms with Gasteiger partial charge in [-0.15, -0.1) is 0 Å². The van der Waals surface area contributed by atoms with Crippen LogP contribution in [0.15, 0.2) is 72.8 Å². The first-order chi connectivity index (χ1) is 17.7. The summed E-state index contributed by atoms with van der Waals surface area (Å²) in [7, 11) is 0. The van der Waals surface area contributed by atoms with Gasteiger partial charge in [-0.1, -0.05) is 48.5 Å². The molecule has 0 aliphatic carbocycles. The number of ether oxygens (including phenoxy) is 1. The molecular weight excluding hydrogens is 444 g/mol. The van der Waals surface area contributed by atoms with Gasteiger partial charge in [0.25, 0.3) is 5.91 Å². The first-order valence-electron chi connectivity index (χ1n) is 13.5. The molecule has 5 rings (SSSR count). The van der Waals surface area contributed by atoms with Crippen molar-refractivity contribution in [3.63, 3.8) is 0 Å². The number of carbonyl (C=O) groups excluding carboxylic acids is 1. The molecule has 0 unspecified atom stereocenters. The predicted octanol–water partition coefficient (Wildman–Crippen LogP) is 6.26. The zero-order valence-corrected chi connectivity index (χ0v) is 21.5. The molecule has 1 amide bonds. The van der Waals surface area contributed by atoms with Crippen LogP contribution in [-0.4, -0.2) is 41.9 Å². The Morgan fingerprint density at radius 3 is 2.50 bits per heavy atom. The molecule has 1 fully saturated rings. The van der Waals surface area contributed by atoms with Gasteiger partial charge in [0.1, 0.15) is 5.75 Å². The van der Waals surface area contributed by atoms with Crippen LogP contribution >= 0.6 is 0 Å². The van der Waals surface area contributed by atoms with E-state index in [0.717, 1.165) is 76.3 Å². The van der Waals surface area contributed by atoms with Crippen LogP contribution in [0.3, 0.4) is 0 Å². The number of likely N-dealkylation sites (tertiary alicyclic amines) is 1. The van der Waals surface area contributed by atoms with Crippen LogP contribution in [0, 0.1) is 12.8 Å². The SMILES string of the molecule is Cc1ccccc1CN1CCCc2cc(OCCC3CCN(C(=O)c4ccccc4)CC3)ccc2C1. The molecule has 36 heavy (non-hydrogen) atoms. The maximum atomic E-state index is 12.7. The van der Waals surface area contributed by atoms with E-state index in [1.165, 1.54) is 28.7 Å². The summed E-state index contributed by atoms with van der Waals surface area (Å²) < 4.78 is 6.20. The van der Waals surface area contributed by atoms with Gasteiger partial charge in [-0.3, -0.25) is 9.69 Å². The van der Waals surface area contributed by atoms with Crippen LogP contribution in [0.5, 0.6) is 5.75 Å². The van der Waals surface area contributed by atoms with E-state index in [4.69, 9.17) is 4.74 Å². The number of piperidine rings is 1. The van der Waals surface area contributed by atoms with E-state index in [-0.39, 0.29) is 5.91 Å². The van der Waals surface area contributed by atoms with E-state index in [2.05, 4.69) is 54.3 Å². The van der Waals surface area contributed by atoms with Crippen LogP contribution < -0.4 is 4.74 Å². The number of rotatable bonds is 7. The highest BCUT2D eigenvalue weighted by molar-refractivity contribution is 5.94. The van der Waals surface area contributed by atoms with E-state index < -0.39 is 0 Å². The third-order valence-corrected chi connectivity index (χ3v) is 7.86. The maximum absolute atomic E-state index is 12.7. The van der Waals surface area contributed by atoms with Gasteiger partial charge in [0.15, 0.2) is 0 Å². The average molecular weight is 483 g/mol. The van der Waals surface area contributed by atoms with E-state index in [1.54, 1.807) is 0 Å². The number of fused-ring (bicyclic) bond motifs is 1. The Morgan fingerprint density at radius 1 is 0.917 bits per heavy atom. The summed E-state index contributed by atoms with van der Waals surface area (Å²) in [5.74, 6) is 1.78. The second-order valence-electron chi connectivity index (χ2n) is 10.4. The molecule has 0 N–H and O–H groups in total. The van der Waals surface area contributed by atoms with Crippen molar-refractivity contribution in [3.8, 4) is 5.75 Å². The Morgan fingerprint density at radius 2 is 1.69 bits per heavy atom. The number of hydrogen-bond acceptors (Lipinski definition) is 3. The molecule has 0 saturated carbocycles. The number of hydrogen-bond donors (Lipinski definition) is 0. The molecule has 0 radical (unpaired) electrons. The lowest BCUT2D eigenvalue weighted by molar-refractivity contribution is 0.0680. The number of benzene rings is 3. The Hall–Kier alpha value is -3.11. The Labute approximate surface area is 215 Å². The molecule has 2 aliphatic rings. The highest BCUT2D eigenvalue weighted by atomic mass is 16.5. The average Bonchev–Trinajstić information content (AvgIpc) is 3.12. The van der Waals surface area contributed by atoms with Crippen molar-refractivity contribution >= 4 is 5.91 Å². The minimum Gasteiger partial charge on any atom is -0.494 e. The van der Waals surface area contributed by atoms with Crippen molar-refractivity contribution in [2.45, 2.75) is 52.1 Å². The molecule has 188 valence electrons. The fourth-order valence-corrected chi connectivity index (χ4v) is 5.59. The predicted molar refractivity (Wildman–Crippen MR) is 145 cm³/mol. The van der Waals surface area contributed by atoms with Gasteiger partial charge < -0.3 is 9.64 Å². The Kier molecular flexibility index (Phi) is 8.02. The van der Waals surface area contributed by atoms with E-state index in [1.807, 2.05) is 35.2 Å². The highest BCUT2D eigenvalue weighted by Gasteiger charge is 2.23. The zero-order chi connectivity index (χ0) is 24.7. The van der Waals surface area contributed by atoms with Crippen molar-refractivity contribution in [1.29, 1.82) is 0 Å². The summed E-state index contributed by atoms with van der Waals surface area (Å²) in [6, 6.07) is 25.0. The summed E-state index contributed by atoms with van der Waals surface area (Å²) in [5, 5.41) is 0. The van der Waals surface area contributed by atoms with E-state index >= 15 is 0 Å². The van der Waals surface area contributed by atoms with Gasteiger partial charge in [0, 0.05) is 31.7 Å². The topological polar surface area (TPSA) is 32.8 Å². The number of amides is 1. The quantitative estimate of drug-likeness (QED) is 0.398. The first-order valence-corrected chi connectivity index (χ1v) is 13.5. The van der Waals surface area contributed by atoms with Crippen molar-refractivity contribution in [3.05, 3.63) is 101 Å². The minimum atomic E-state index is 0.160. The molecule has 3 aromatic rings. The molecule has 4 nitrogen and oxygen atoms in total. The number of nitrogens with zero attached hydrogens (tertiary/aromatic N) is 2.